The Hall–Kier alpha value is -4.25. The normalized spacial score (nSPS) is 14.2. The number of aryl methyl sites for hydroxylation is 1. The molecule has 10 nitrogen and oxygen atoms in total. The van der Waals surface area contributed by atoms with Gasteiger partial charge in [0, 0.05) is 30.4 Å². The van der Waals surface area contributed by atoms with E-state index in [1.54, 1.807) is 15.6 Å². The first-order valence-corrected chi connectivity index (χ1v) is 11.9. The molecular weight excluding hydrogens is 479 g/mol. The summed E-state index contributed by atoms with van der Waals surface area (Å²) >= 11 is 0. The molecule has 37 heavy (non-hydrogen) atoms. The van der Waals surface area contributed by atoms with Crippen molar-refractivity contribution in [2.45, 2.75) is 32.5 Å². The Morgan fingerprint density at radius 3 is 2.84 bits per heavy atom. The Morgan fingerprint density at radius 2 is 2.14 bits per heavy atom. The molecule has 0 aliphatic carbocycles. The lowest BCUT2D eigenvalue weighted by Crippen LogP contribution is -2.29. The van der Waals surface area contributed by atoms with Gasteiger partial charge < -0.3 is 19.5 Å². The van der Waals surface area contributed by atoms with Gasteiger partial charge in [-0.1, -0.05) is 6.58 Å². The van der Waals surface area contributed by atoms with E-state index in [2.05, 4.69) is 16.7 Å². The van der Waals surface area contributed by atoms with Crippen LogP contribution in [0.5, 0.6) is 11.5 Å². The van der Waals surface area contributed by atoms with Crippen molar-refractivity contribution in [2.24, 2.45) is 0 Å². The first-order chi connectivity index (χ1) is 17.9. The molecule has 1 aliphatic rings. The monoisotopic (exact) mass is 506 g/mol. The molecule has 0 fully saturated rings. The molecule has 0 radical (unpaired) electrons. The van der Waals surface area contributed by atoms with Gasteiger partial charge >= 0.3 is 0 Å². The summed E-state index contributed by atoms with van der Waals surface area (Å²) in [6, 6.07) is 4.55. The SMILES string of the molecule is C=CC(=O)N1CCCn2nc(-c3cc(OC(CO)c4ccc(F)cn4)c4c(OC)cnn4c3)c(C)c2C1. The third-order valence-electron chi connectivity index (χ3n) is 6.50. The number of ether oxygens (including phenoxy) is 2. The van der Waals surface area contributed by atoms with Crippen molar-refractivity contribution in [3.8, 4) is 22.8 Å². The lowest BCUT2D eigenvalue weighted by Gasteiger charge is -2.19. The van der Waals surface area contributed by atoms with E-state index in [-0.39, 0.29) is 12.5 Å². The number of aliphatic hydroxyl groups excluding tert-OH is 1. The molecule has 0 spiro atoms. The van der Waals surface area contributed by atoms with Crippen molar-refractivity contribution < 1.29 is 23.8 Å². The summed E-state index contributed by atoms with van der Waals surface area (Å²) in [5, 5.41) is 19.3. The van der Waals surface area contributed by atoms with E-state index in [1.165, 1.54) is 25.3 Å². The maximum atomic E-state index is 13.4. The van der Waals surface area contributed by atoms with E-state index < -0.39 is 11.9 Å². The number of rotatable bonds is 7. The Bertz CT molecular complexity index is 1460. The summed E-state index contributed by atoms with van der Waals surface area (Å²) in [7, 11) is 1.53. The molecule has 0 bridgehead atoms. The van der Waals surface area contributed by atoms with Gasteiger partial charge in [-0.25, -0.2) is 8.91 Å². The number of halogens is 1. The lowest BCUT2D eigenvalue weighted by atomic mass is 10.1. The Morgan fingerprint density at radius 1 is 1.30 bits per heavy atom. The molecule has 5 heterocycles. The van der Waals surface area contributed by atoms with Crippen LogP contribution in [0.4, 0.5) is 4.39 Å². The van der Waals surface area contributed by atoms with Crippen LogP contribution in [0, 0.1) is 12.7 Å². The van der Waals surface area contributed by atoms with Crippen molar-refractivity contribution in [3.63, 3.8) is 0 Å². The molecule has 4 aromatic rings. The third kappa shape index (κ3) is 4.53. The van der Waals surface area contributed by atoms with Crippen molar-refractivity contribution in [1.82, 2.24) is 29.3 Å². The number of carbonyl (C=O) groups is 1. The highest BCUT2D eigenvalue weighted by atomic mass is 19.1. The zero-order valence-electron chi connectivity index (χ0n) is 20.6. The van der Waals surface area contributed by atoms with Crippen LogP contribution in [0.1, 0.15) is 29.5 Å². The number of pyridine rings is 2. The van der Waals surface area contributed by atoms with E-state index in [0.29, 0.717) is 42.3 Å². The topological polar surface area (TPSA) is 107 Å². The van der Waals surface area contributed by atoms with Gasteiger partial charge in [0.1, 0.15) is 5.82 Å². The number of hydrogen-bond donors (Lipinski definition) is 1. The molecule has 0 saturated heterocycles. The predicted octanol–water partition coefficient (Wildman–Crippen LogP) is 3.08. The molecule has 0 saturated carbocycles. The molecule has 1 aliphatic heterocycles. The standard InChI is InChI=1S/C26H27FN6O4/c1-4-24(35)31-8-5-9-32-20(14-31)16(2)25(30-32)17-10-21(26-22(36-3)12-29-33(26)13-17)37-23(15-34)19-7-6-18(27)11-28-19/h4,6-7,10-13,23,34H,1,5,8-9,14-15H2,2-3H3. The van der Waals surface area contributed by atoms with E-state index in [9.17, 15) is 14.3 Å². The summed E-state index contributed by atoms with van der Waals surface area (Å²) in [4.78, 5) is 18.1. The van der Waals surface area contributed by atoms with Gasteiger partial charge in [-0.05, 0) is 37.6 Å². The van der Waals surface area contributed by atoms with Crippen molar-refractivity contribution in [3.05, 3.63) is 72.2 Å². The zero-order valence-corrected chi connectivity index (χ0v) is 20.6. The maximum absolute atomic E-state index is 13.4. The van der Waals surface area contributed by atoms with Crippen LogP contribution in [0.25, 0.3) is 16.8 Å². The zero-order chi connectivity index (χ0) is 26.1. The van der Waals surface area contributed by atoms with E-state index in [0.717, 1.165) is 35.1 Å². The average Bonchev–Trinajstić information content (AvgIpc) is 3.39. The molecule has 0 aromatic carbocycles. The molecule has 5 rings (SSSR count). The Kier molecular flexibility index (Phi) is 6.62. The predicted molar refractivity (Wildman–Crippen MR) is 133 cm³/mol. The number of aromatic nitrogens is 5. The van der Waals surface area contributed by atoms with Crippen LogP contribution in [0.3, 0.4) is 0 Å². The van der Waals surface area contributed by atoms with Crippen LogP contribution in [-0.4, -0.2) is 60.6 Å². The van der Waals surface area contributed by atoms with E-state index in [1.807, 2.05) is 23.9 Å². The van der Waals surface area contributed by atoms with Gasteiger partial charge in [0.25, 0.3) is 0 Å². The van der Waals surface area contributed by atoms with E-state index >= 15 is 0 Å². The summed E-state index contributed by atoms with van der Waals surface area (Å²) in [5.74, 6) is 0.288. The van der Waals surface area contributed by atoms with Gasteiger partial charge in [-0.3, -0.25) is 14.5 Å². The quantitative estimate of drug-likeness (QED) is 0.384. The van der Waals surface area contributed by atoms with Crippen LogP contribution in [0.2, 0.25) is 0 Å². The second-order valence-corrected chi connectivity index (χ2v) is 8.75. The second-order valence-electron chi connectivity index (χ2n) is 8.75. The van der Waals surface area contributed by atoms with Gasteiger partial charge in [-0.2, -0.15) is 10.2 Å². The molecule has 4 aromatic heterocycles. The Balaban J connectivity index is 1.58. The van der Waals surface area contributed by atoms with Crippen LogP contribution in [0.15, 0.2) is 49.4 Å². The highest BCUT2D eigenvalue weighted by Gasteiger charge is 2.25. The summed E-state index contributed by atoms with van der Waals surface area (Å²) < 4.78 is 28.7. The fourth-order valence-electron chi connectivity index (χ4n) is 4.58. The fraction of sp³-hybridized carbons (Fsp3) is 0.308. The minimum Gasteiger partial charge on any atom is -0.493 e. The van der Waals surface area contributed by atoms with Gasteiger partial charge in [0.15, 0.2) is 23.1 Å². The first-order valence-electron chi connectivity index (χ1n) is 11.9. The third-order valence-corrected chi connectivity index (χ3v) is 6.50. The van der Waals surface area contributed by atoms with Crippen molar-refractivity contribution >= 4 is 11.4 Å². The minimum atomic E-state index is -0.849. The molecule has 192 valence electrons. The number of nitrogens with zero attached hydrogens (tertiary/aromatic N) is 6. The molecule has 11 heteroatoms. The number of hydrogen-bond acceptors (Lipinski definition) is 7. The number of fused-ring (bicyclic) bond motifs is 2. The molecule has 1 N–H and O–H groups in total. The smallest absolute Gasteiger partial charge is 0.246 e. The largest absolute Gasteiger partial charge is 0.493 e. The molecule has 1 unspecified atom stereocenters. The summed E-state index contributed by atoms with van der Waals surface area (Å²) in [6.45, 7) is 6.97. The van der Waals surface area contributed by atoms with Crippen molar-refractivity contribution in [2.75, 3.05) is 20.3 Å². The van der Waals surface area contributed by atoms with Crippen LogP contribution in [-0.2, 0) is 17.9 Å². The average molecular weight is 507 g/mol. The van der Waals surface area contributed by atoms with Gasteiger partial charge in [-0.15, -0.1) is 0 Å². The lowest BCUT2D eigenvalue weighted by molar-refractivity contribution is -0.126. The highest BCUT2D eigenvalue weighted by molar-refractivity contribution is 5.87. The Labute approximate surface area is 212 Å². The van der Waals surface area contributed by atoms with Crippen molar-refractivity contribution in [1.29, 1.82) is 0 Å². The first kappa shape index (κ1) is 24.4. The second kappa shape index (κ2) is 10.0. The van der Waals surface area contributed by atoms with Gasteiger partial charge in [0.2, 0.25) is 5.91 Å². The van der Waals surface area contributed by atoms with E-state index in [4.69, 9.17) is 14.6 Å². The van der Waals surface area contributed by atoms with Gasteiger partial charge in [0.05, 0.1) is 49.7 Å². The highest BCUT2D eigenvalue weighted by Crippen LogP contribution is 2.37. The molecule has 1 amide bonds. The van der Waals surface area contributed by atoms with Crippen LogP contribution >= 0.6 is 0 Å². The number of carbonyl (C=O) groups excluding carboxylic acids is 1. The number of methoxy groups -OCH3 is 1. The molecule has 1 atom stereocenters. The number of aliphatic hydroxyl groups is 1. The maximum Gasteiger partial charge on any atom is 0.246 e. The molecular formula is C26H27FN6O4. The summed E-state index contributed by atoms with van der Waals surface area (Å²) in [5.41, 5.74) is 4.29. The summed E-state index contributed by atoms with van der Waals surface area (Å²) in [6.07, 6.45) is 5.74. The minimum absolute atomic E-state index is 0.110. The number of amides is 1. The van der Waals surface area contributed by atoms with Crippen LogP contribution < -0.4 is 9.47 Å². The fourth-order valence-corrected chi connectivity index (χ4v) is 4.58.